The molecule has 1 atom stereocenters. The van der Waals surface area contributed by atoms with E-state index in [-0.39, 0.29) is 24.0 Å². The fourth-order valence-corrected chi connectivity index (χ4v) is 3.30. The number of hydrogen-bond acceptors (Lipinski definition) is 2. The summed E-state index contributed by atoms with van der Waals surface area (Å²) in [5.41, 5.74) is 0.977. The maximum Gasteiger partial charge on any atom is 0.191 e. The van der Waals surface area contributed by atoms with Gasteiger partial charge in [0, 0.05) is 29.7 Å². The molecule has 1 saturated heterocycles. The van der Waals surface area contributed by atoms with Crippen LogP contribution >= 0.6 is 47.2 Å². The van der Waals surface area contributed by atoms with Crippen LogP contribution in [0.3, 0.4) is 0 Å². The molecular weight excluding hydrogens is 458 g/mol. The van der Waals surface area contributed by atoms with Gasteiger partial charge in [-0.15, -0.1) is 24.0 Å². The number of aliphatic imine (C=N–C) groups is 1. The number of halogens is 3. The smallest absolute Gasteiger partial charge is 0.191 e. The number of hydrogen-bond donors (Lipinski definition) is 2. The highest BCUT2D eigenvalue weighted by atomic mass is 127. The molecule has 7 heteroatoms. The number of rotatable bonds is 5. The zero-order chi connectivity index (χ0) is 16.7. The van der Waals surface area contributed by atoms with Crippen molar-refractivity contribution in [3.8, 4) is 0 Å². The Morgan fingerprint density at radius 1 is 1.33 bits per heavy atom. The molecule has 0 aromatic heterocycles. The van der Waals surface area contributed by atoms with Crippen molar-refractivity contribution in [2.24, 2.45) is 10.9 Å². The van der Waals surface area contributed by atoms with E-state index in [9.17, 15) is 0 Å². The van der Waals surface area contributed by atoms with Crippen molar-refractivity contribution in [1.29, 1.82) is 0 Å². The van der Waals surface area contributed by atoms with Crippen LogP contribution < -0.4 is 10.6 Å². The Hall–Kier alpha value is -0.240. The van der Waals surface area contributed by atoms with Gasteiger partial charge in [-0.05, 0) is 57.0 Å². The minimum absolute atomic E-state index is 0. The molecule has 0 amide bonds. The number of nitrogens with one attached hydrogen (secondary N) is 2. The van der Waals surface area contributed by atoms with Gasteiger partial charge in [0.25, 0.3) is 0 Å². The number of piperidine rings is 1. The molecule has 2 rings (SSSR count). The molecule has 1 unspecified atom stereocenters. The van der Waals surface area contributed by atoms with Gasteiger partial charge in [0.05, 0.1) is 6.54 Å². The SMILES string of the molecule is CCNC(=NCc1ccc(Cl)cc1Cl)NCC1CCCN(C)C1.I. The minimum Gasteiger partial charge on any atom is -0.357 e. The molecule has 1 aromatic rings. The Labute approximate surface area is 172 Å². The summed E-state index contributed by atoms with van der Waals surface area (Å²) in [6.45, 7) is 6.75. The monoisotopic (exact) mass is 484 g/mol. The fraction of sp³-hybridized carbons (Fsp3) is 0.588. The Morgan fingerprint density at radius 2 is 2.12 bits per heavy atom. The van der Waals surface area contributed by atoms with Crippen molar-refractivity contribution in [2.45, 2.75) is 26.3 Å². The molecule has 136 valence electrons. The summed E-state index contributed by atoms with van der Waals surface area (Å²) in [6, 6.07) is 5.52. The molecular formula is C17H27Cl2IN4. The van der Waals surface area contributed by atoms with Crippen molar-refractivity contribution in [3.63, 3.8) is 0 Å². The predicted molar refractivity (Wildman–Crippen MR) is 115 cm³/mol. The number of nitrogens with zero attached hydrogens (tertiary/aromatic N) is 2. The third-order valence-electron chi connectivity index (χ3n) is 4.05. The third kappa shape index (κ3) is 7.33. The second-order valence-electron chi connectivity index (χ2n) is 6.08. The van der Waals surface area contributed by atoms with Gasteiger partial charge in [-0.2, -0.15) is 0 Å². The Balaban J connectivity index is 0.00000288. The predicted octanol–water partition coefficient (Wildman–Crippen LogP) is 4.01. The van der Waals surface area contributed by atoms with Crippen molar-refractivity contribution < 1.29 is 0 Å². The highest BCUT2D eigenvalue weighted by molar-refractivity contribution is 14.0. The van der Waals surface area contributed by atoms with E-state index in [1.54, 1.807) is 6.07 Å². The normalized spacial score (nSPS) is 18.8. The van der Waals surface area contributed by atoms with Gasteiger partial charge >= 0.3 is 0 Å². The molecule has 1 fully saturated rings. The molecule has 2 N–H and O–H groups in total. The van der Waals surface area contributed by atoms with Crippen LogP contribution in [0, 0.1) is 5.92 Å². The zero-order valence-corrected chi connectivity index (χ0v) is 18.2. The summed E-state index contributed by atoms with van der Waals surface area (Å²) in [5.74, 6) is 1.52. The number of benzene rings is 1. The van der Waals surface area contributed by atoms with E-state index in [2.05, 4.69) is 34.5 Å². The maximum absolute atomic E-state index is 6.20. The molecule has 1 aliphatic heterocycles. The second kappa shape index (κ2) is 11.4. The topological polar surface area (TPSA) is 39.7 Å². The first kappa shape index (κ1) is 21.8. The van der Waals surface area contributed by atoms with Crippen LogP contribution in [0.2, 0.25) is 10.0 Å². The van der Waals surface area contributed by atoms with E-state index in [1.807, 2.05) is 12.1 Å². The first-order chi connectivity index (χ1) is 11.1. The van der Waals surface area contributed by atoms with Gasteiger partial charge in [0.15, 0.2) is 5.96 Å². The van der Waals surface area contributed by atoms with E-state index < -0.39 is 0 Å². The molecule has 1 heterocycles. The van der Waals surface area contributed by atoms with Crippen LogP contribution in [0.1, 0.15) is 25.3 Å². The van der Waals surface area contributed by atoms with Crippen molar-refractivity contribution in [1.82, 2.24) is 15.5 Å². The molecule has 0 aliphatic carbocycles. The molecule has 24 heavy (non-hydrogen) atoms. The van der Waals surface area contributed by atoms with E-state index in [1.165, 1.54) is 19.4 Å². The Morgan fingerprint density at radius 3 is 2.79 bits per heavy atom. The van der Waals surface area contributed by atoms with Gasteiger partial charge in [-0.1, -0.05) is 29.3 Å². The van der Waals surface area contributed by atoms with E-state index >= 15 is 0 Å². The highest BCUT2D eigenvalue weighted by Crippen LogP contribution is 2.21. The summed E-state index contributed by atoms with van der Waals surface area (Å²) in [5, 5.41) is 8.05. The zero-order valence-electron chi connectivity index (χ0n) is 14.3. The minimum atomic E-state index is 0. The lowest BCUT2D eigenvalue weighted by molar-refractivity contribution is 0.210. The Bertz CT molecular complexity index is 539. The standard InChI is InChI=1S/C17H26Cl2N4.HI/c1-3-20-17(21-10-13-5-4-8-23(2)12-13)22-11-14-6-7-15(18)9-16(14)19;/h6-7,9,13H,3-5,8,10-12H2,1-2H3,(H2,20,21,22);1H. The summed E-state index contributed by atoms with van der Waals surface area (Å²) in [6.07, 6.45) is 2.55. The van der Waals surface area contributed by atoms with E-state index in [0.29, 0.717) is 22.5 Å². The second-order valence-corrected chi connectivity index (χ2v) is 6.93. The van der Waals surface area contributed by atoms with Gasteiger partial charge in [-0.3, -0.25) is 0 Å². The molecule has 4 nitrogen and oxygen atoms in total. The van der Waals surface area contributed by atoms with Crippen LogP contribution in [0.4, 0.5) is 0 Å². The van der Waals surface area contributed by atoms with Gasteiger partial charge in [0.1, 0.15) is 0 Å². The van der Waals surface area contributed by atoms with E-state index in [0.717, 1.165) is 31.2 Å². The summed E-state index contributed by atoms with van der Waals surface area (Å²) in [7, 11) is 2.19. The molecule has 0 spiro atoms. The quantitative estimate of drug-likeness (QED) is 0.377. The molecule has 0 saturated carbocycles. The fourth-order valence-electron chi connectivity index (χ4n) is 2.84. The first-order valence-corrected chi connectivity index (χ1v) is 8.98. The van der Waals surface area contributed by atoms with Crippen LogP contribution in [-0.4, -0.2) is 44.1 Å². The molecule has 0 bridgehead atoms. The lowest BCUT2D eigenvalue weighted by atomic mass is 9.99. The van der Waals surface area contributed by atoms with Gasteiger partial charge in [-0.25, -0.2) is 4.99 Å². The van der Waals surface area contributed by atoms with Crippen LogP contribution in [0.15, 0.2) is 23.2 Å². The number of likely N-dealkylation sites (tertiary alicyclic amines) is 1. The lowest BCUT2D eigenvalue weighted by Crippen LogP contribution is -2.43. The summed E-state index contributed by atoms with van der Waals surface area (Å²) < 4.78 is 0. The van der Waals surface area contributed by atoms with Crippen LogP contribution in [0.5, 0.6) is 0 Å². The van der Waals surface area contributed by atoms with Crippen molar-refractivity contribution in [3.05, 3.63) is 33.8 Å². The Kier molecular flexibility index (Phi) is 10.3. The largest absolute Gasteiger partial charge is 0.357 e. The van der Waals surface area contributed by atoms with E-state index in [4.69, 9.17) is 23.2 Å². The molecule has 1 aromatic carbocycles. The average molecular weight is 485 g/mol. The molecule has 1 aliphatic rings. The van der Waals surface area contributed by atoms with Crippen LogP contribution in [0.25, 0.3) is 0 Å². The lowest BCUT2D eigenvalue weighted by Gasteiger charge is -2.30. The summed E-state index contributed by atoms with van der Waals surface area (Å²) >= 11 is 12.1. The van der Waals surface area contributed by atoms with Crippen LogP contribution in [-0.2, 0) is 6.54 Å². The van der Waals surface area contributed by atoms with Gasteiger partial charge in [0.2, 0.25) is 0 Å². The average Bonchev–Trinajstić information content (AvgIpc) is 2.51. The van der Waals surface area contributed by atoms with Gasteiger partial charge < -0.3 is 15.5 Å². The number of guanidine groups is 1. The first-order valence-electron chi connectivity index (χ1n) is 8.23. The highest BCUT2D eigenvalue weighted by Gasteiger charge is 2.17. The van der Waals surface area contributed by atoms with Crippen molar-refractivity contribution in [2.75, 3.05) is 33.2 Å². The van der Waals surface area contributed by atoms with Crippen molar-refractivity contribution >= 4 is 53.1 Å². The molecule has 0 radical (unpaired) electrons. The third-order valence-corrected chi connectivity index (χ3v) is 4.63. The maximum atomic E-state index is 6.20. The summed E-state index contributed by atoms with van der Waals surface area (Å²) in [4.78, 5) is 7.03.